The second-order valence-electron chi connectivity index (χ2n) is 6.24. The van der Waals surface area contributed by atoms with Crippen LogP contribution < -0.4 is 10.1 Å². The molecule has 0 aliphatic heterocycles. The zero-order chi connectivity index (χ0) is 15.5. The minimum Gasteiger partial charge on any atom is -0.491 e. The van der Waals surface area contributed by atoms with Crippen LogP contribution in [-0.4, -0.2) is 18.1 Å². The Morgan fingerprint density at radius 2 is 2.10 bits per heavy atom. The molecule has 0 aliphatic rings. The molecule has 1 heterocycles. The first-order valence-corrected chi connectivity index (χ1v) is 8.43. The SMILES string of the molecule is CCCCC(CC)COc1cnccc1CNCC(C)C. The Labute approximate surface area is 130 Å². The van der Waals surface area contributed by atoms with Gasteiger partial charge >= 0.3 is 0 Å². The average molecular weight is 292 g/mol. The van der Waals surface area contributed by atoms with Gasteiger partial charge in [0.05, 0.1) is 12.8 Å². The second kappa shape index (κ2) is 10.6. The van der Waals surface area contributed by atoms with Crippen molar-refractivity contribution in [1.82, 2.24) is 10.3 Å². The van der Waals surface area contributed by atoms with Crippen LogP contribution >= 0.6 is 0 Å². The summed E-state index contributed by atoms with van der Waals surface area (Å²) in [6, 6.07) is 2.05. The van der Waals surface area contributed by atoms with Crippen LogP contribution in [0.4, 0.5) is 0 Å². The molecule has 0 saturated heterocycles. The lowest BCUT2D eigenvalue weighted by atomic mass is 10.0. The van der Waals surface area contributed by atoms with Crippen LogP contribution in [0.1, 0.15) is 58.9 Å². The first-order valence-electron chi connectivity index (χ1n) is 8.43. The maximum atomic E-state index is 6.04. The summed E-state index contributed by atoms with van der Waals surface area (Å²) in [6.07, 6.45) is 8.67. The van der Waals surface area contributed by atoms with E-state index in [0.29, 0.717) is 11.8 Å². The molecule has 1 N–H and O–H groups in total. The van der Waals surface area contributed by atoms with Crippen LogP contribution in [0, 0.1) is 11.8 Å². The van der Waals surface area contributed by atoms with Gasteiger partial charge in [0.15, 0.2) is 0 Å². The summed E-state index contributed by atoms with van der Waals surface area (Å²) in [5.74, 6) is 2.25. The third-order valence-electron chi connectivity index (χ3n) is 3.76. The number of pyridine rings is 1. The standard InChI is InChI=1S/C18H32N2O/c1-5-7-8-16(6-2)14-21-18-13-19-10-9-17(18)12-20-11-15(3)4/h9-10,13,15-16,20H,5-8,11-12,14H2,1-4H3. The molecular formula is C18H32N2O. The monoisotopic (exact) mass is 292 g/mol. The summed E-state index contributed by atoms with van der Waals surface area (Å²) in [5.41, 5.74) is 1.20. The lowest BCUT2D eigenvalue weighted by Crippen LogP contribution is -2.20. The van der Waals surface area contributed by atoms with Crippen LogP contribution in [0.2, 0.25) is 0 Å². The molecule has 3 nitrogen and oxygen atoms in total. The average Bonchev–Trinajstić information content (AvgIpc) is 2.48. The first-order chi connectivity index (χ1) is 10.2. The fraction of sp³-hybridized carbons (Fsp3) is 0.722. The van der Waals surface area contributed by atoms with Gasteiger partial charge in [-0.15, -0.1) is 0 Å². The van der Waals surface area contributed by atoms with Crippen LogP contribution in [0.5, 0.6) is 5.75 Å². The highest BCUT2D eigenvalue weighted by atomic mass is 16.5. The smallest absolute Gasteiger partial charge is 0.142 e. The largest absolute Gasteiger partial charge is 0.491 e. The fourth-order valence-corrected chi connectivity index (χ4v) is 2.29. The van der Waals surface area contributed by atoms with Crippen LogP contribution in [-0.2, 0) is 6.54 Å². The Morgan fingerprint density at radius 1 is 1.29 bits per heavy atom. The predicted octanol–water partition coefficient (Wildman–Crippen LogP) is 4.42. The molecule has 1 aromatic heterocycles. The molecule has 21 heavy (non-hydrogen) atoms. The van der Waals surface area contributed by atoms with Gasteiger partial charge in [0.25, 0.3) is 0 Å². The normalized spacial score (nSPS) is 12.6. The number of hydrogen-bond acceptors (Lipinski definition) is 3. The van der Waals surface area contributed by atoms with Gasteiger partial charge in [-0.05, 0) is 30.9 Å². The van der Waals surface area contributed by atoms with Crippen molar-refractivity contribution in [3.63, 3.8) is 0 Å². The number of nitrogens with one attached hydrogen (secondary N) is 1. The van der Waals surface area contributed by atoms with Crippen molar-refractivity contribution in [2.75, 3.05) is 13.2 Å². The maximum Gasteiger partial charge on any atom is 0.142 e. The molecule has 0 radical (unpaired) electrons. The third-order valence-corrected chi connectivity index (χ3v) is 3.76. The topological polar surface area (TPSA) is 34.1 Å². The minimum atomic E-state index is 0.654. The Kier molecular flexibility index (Phi) is 9.07. The molecule has 1 atom stereocenters. The van der Waals surface area contributed by atoms with E-state index in [0.717, 1.165) is 25.4 Å². The van der Waals surface area contributed by atoms with E-state index >= 15 is 0 Å². The number of ether oxygens (including phenoxy) is 1. The molecule has 1 unspecified atom stereocenters. The highest BCUT2D eigenvalue weighted by Crippen LogP contribution is 2.19. The summed E-state index contributed by atoms with van der Waals surface area (Å²) < 4.78 is 6.04. The van der Waals surface area contributed by atoms with E-state index in [1.54, 1.807) is 0 Å². The van der Waals surface area contributed by atoms with E-state index in [1.807, 2.05) is 12.4 Å². The van der Waals surface area contributed by atoms with E-state index in [4.69, 9.17) is 4.74 Å². The number of unbranched alkanes of at least 4 members (excludes halogenated alkanes) is 1. The van der Waals surface area contributed by atoms with Gasteiger partial charge in [-0.3, -0.25) is 4.98 Å². The minimum absolute atomic E-state index is 0.654. The van der Waals surface area contributed by atoms with E-state index in [1.165, 1.54) is 31.2 Å². The van der Waals surface area contributed by atoms with Crippen molar-refractivity contribution in [3.05, 3.63) is 24.0 Å². The molecule has 0 aromatic carbocycles. The van der Waals surface area contributed by atoms with Crippen LogP contribution in [0.15, 0.2) is 18.5 Å². The van der Waals surface area contributed by atoms with Crippen molar-refractivity contribution >= 4 is 0 Å². The molecule has 0 bridgehead atoms. The molecule has 1 aromatic rings. The molecule has 3 heteroatoms. The Balaban J connectivity index is 2.49. The lowest BCUT2D eigenvalue weighted by molar-refractivity contribution is 0.230. The van der Waals surface area contributed by atoms with Crippen molar-refractivity contribution in [1.29, 1.82) is 0 Å². The van der Waals surface area contributed by atoms with Gasteiger partial charge in [0.2, 0.25) is 0 Å². The molecule has 1 rings (SSSR count). The van der Waals surface area contributed by atoms with Gasteiger partial charge in [-0.25, -0.2) is 0 Å². The molecule has 0 fully saturated rings. The Hall–Kier alpha value is -1.09. The number of hydrogen-bond donors (Lipinski definition) is 1. The van der Waals surface area contributed by atoms with Gasteiger partial charge in [0, 0.05) is 18.3 Å². The molecule has 120 valence electrons. The van der Waals surface area contributed by atoms with E-state index in [9.17, 15) is 0 Å². The lowest BCUT2D eigenvalue weighted by Gasteiger charge is -2.17. The maximum absolute atomic E-state index is 6.04. The molecule has 0 amide bonds. The molecule has 0 spiro atoms. The first kappa shape index (κ1) is 18.0. The van der Waals surface area contributed by atoms with Crippen molar-refractivity contribution in [3.8, 4) is 5.75 Å². The van der Waals surface area contributed by atoms with Crippen LogP contribution in [0.25, 0.3) is 0 Å². The van der Waals surface area contributed by atoms with Gasteiger partial charge in [0.1, 0.15) is 5.75 Å². The van der Waals surface area contributed by atoms with E-state index in [-0.39, 0.29) is 0 Å². The van der Waals surface area contributed by atoms with Gasteiger partial charge in [-0.2, -0.15) is 0 Å². The highest BCUT2D eigenvalue weighted by Gasteiger charge is 2.09. The van der Waals surface area contributed by atoms with Crippen molar-refractivity contribution < 1.29 is 4.74 Å². The number of rotatable bonds is 11. The van der Waals surface area contributed by atoms with E-state index in [2.05, 4.69) is 44.1 Å². The second-order valence-corrected chi connectivity index (χ2v) is 6.24. The zero-order valence-corrected chi connectivity index (χ0v) is 14.2. The summed E-state index contributed by atoms with van der Waals surface area (Å²) in [4.78, 5) is 4.20. The fourth-order valence-electron chi connectivity index (χ4n) is 2.29. The zero-order valence-electron chi connectivity index (χ0n) is 14.2. The number of nitrogens with zero attached hydrogens (tertiary/aromatic N) is 1. The number of aromatic nitrogens is 1. The van der Waals surface area contributed by atoms with Crippen molar-refractivity contribution in [2.45, 2.75) is 59.9 Å². The summed E-state index contributed by atoms with van der Waals surface area (Å²) in [7, 11) is 0. The molecule has 0 saturated carbocycles. The Bertz CT molecular complexity index is 379. The Morgan fingerprint density at radius 3 is 2.76 bits per heavy atom. The van der Waals surface area contributed by atoms with Gasteiger partial charge < -0.3 is 10.1 Å². The summed E-state index contributed by atoms with van der Waals surface area (Å²) in [5, 5.41) is 3.47. The van der Waals surface area contributed by atoms with Crippen LogP contribution in [0.3, 0.4) is 0 Å². The summed E-state index contributed by atoms with van der Waals surface area (Å²) >= 11 is 0. The molecular weight excluding hydrogens is 260 g/mol. The van der Waals surface area contributed by atoms with Gasteiger partial charge in [-0.1, -0.05) is 47.0 Å². The predicted molar refractivity (Wildman–Crippen MR) is 89.6 cm³/mol. The molecule has 0 aliphatic carbocycles. The summed E-state index contributed by atoms with van der Waals surface area (Å²) in [6.45, 7) is 11.6. The van der Waals surface area contributed by atoms with E-state index < -0.39 is 0 Å². The third kappa shape index (κ3) is 7.47. The highest BCUT2D eigenvalue weighted by molar-refractivity contribution is 5.29. The quantitative estimate of drug-likeness (QED) is 0.655. The van der Waals surface area contributed by atoms with Crippen molar-refractivity contribution in [2.24, 2.45) is 11.8 Å².